The van der Waals surface area contributed by atoms with E-state index in [1.165, 1.54) is 0 Å². The van der Waals surface area contributed by atoms with Gasteiger partial charge in [0.1, 0.15) is 5.73 Å². The summed E-state index contributed by atoms with van der Waals surface area (Å²) in [4.78, 5) is 1.01. The number of thiophene rings is 1. The molecule has 126 valence electrons. The average Bonchev–Trinajstić information content (AvgIpc) is 3.07. The molecule has 0 saturated carbocycles. The predicted molar refractivity (Wildman–Crippen MR) is 98.5 cm³/mol. The Hall–Kier alpha value is -0.295. The highest BCUT2D eigenvalue weighted by Crippen LogP contribution is 2.44. The summed E-state index contributed by atoms with van der Waals surface area (Å²) in [6.45, 7) is 7.84. The van der Waals surface area contributed by atoms with E-state index in [-0.39, 0.29) is 11.6 Å². The molecule has 0 radical (unpaired) electrons. The quantitative estimate of drug-likeness (QED) is 0.695. The lowest BCUT2D eigenvalue weighted by atomic mass is 9.79. The molecule has 3 rings (SSSR count). The minimum absolute atomic E-state index is 0.233. The van der Waals surface area contributed by atoms with Crippen LogP contribution in [-0.4, -0.2) is 29.8 Å². The molecule has 2 aliphatic heterocycles. The van der Waals surface area contributed by atoms with Gasteiger partial charge in [0.15, 0.2) is 0 Å². The first-order valence-electron chi connectivity index (χ1n) is 8.19. The van der Waals surface area contributed by atoms with Gasteiger partial charge in [-0.05, 0) is 69.4 Å². The van der Waals surface area contributed by atoms with E-state index in [1.54, 1.807) is 11.3 Å². The van der Waals surface area contributed by atoms with E-state index < -0.39 is 18.3 Å². The molecule has 2 aliphatic rings. The molecule has 0 bridgehead atoms. The molecule has 0 N–H and O–H groups in total. The van der Waals surface area contributed by atoms with Crippen molar-refractivity contribution in [2.75, 3.05) is 11.5 Å². The minimum atomic E-state index is -0.897. The van der Waals surface area contributed by atoms with Gasteiger partial charge in [0, 0.05) is 10.5 Å². The van der Waals surface area contributed by atoms with E-state index in [2.05, 4.69) is 0 Å². The normalized spacial score (nSPS) is 25.5. The molecular weight excluding hydrogens is 330 g/mol. The standard InChI is InChI=1S/C17H24BFO2S2/c1-16(2)17(3,4)21-18(20-16)15(19)14(13-6-5-9-23-13)12-7-10-22-11-8-12/h5-6,9,12H,7-8,10-11H2,1-4H3. The molecule has 2 saturated heterocycles. The Morgan fingerprint density at radius 1 is 1.17 bits per heavy atom. The third-order valence-electron chi connectivity index (χ3n) is 5.13. The zero-order valence-corrected chi connectivity index (χ0v) is 15.9. The third-order valence-corrected chi connectivity index (χ3v) is 7.09. The van der Waals surface area contributed by atoms with Crippen LogP contribution >= 0.6 is 23.1 Å². The van der Waals surface area contributed by atoms with Crippen LogP contribution in [0.4, 0.5) is 4.39 Å². The van der Waals surface area contributed by atoms with Crippen LogP contribution < -0.4 is 0 Å². The summed E-state index contributed by atoms with van der Waals surface area (Å²) in [5.41, 5.74) is -0.461. The number of hydrogen-bond acceptors (Lipinski definition) is 4. The van der Waals surface area contributed by atoms with Crippen molar-refractivity contribution in [2.24, 2.45) is 5.92 Å². The molecule has 0 aliphatic carbocycles. The van der Waals surface area contributed by atoms with E-state index in [0.717, 1.165) is 34.8 Å². The number of rotatable bonds is 3. The van der Waals surface area contributed by atoms with Gasteiger partial charge in [-0.15, -0.1) is 11.3 Å². The van der Waals surface area contributed by atoms with E-state index >= 15 is 4.39 Å². The first-order valence-corrected chi connectivity index (χ1v) is 10.2. The maximum Gasteiger partial charge on any atom is 0.525 e. The summed E-state index contributed by atoms with van der Waals surface area (Å²) in [6, 6.07) is 3.99. The summed E-state index contributed by atoms with van der Waals surface area (Å²) in [6.07, 6.45) is 2.04. The average molecular weight is 354 g/mol. The second kappa shape index (κ2) is 6.55. The van der Waals surface area contributed by atoms with Crippen LogP contribution in [0.15, 0.2) is 23.2 Å². The van der Waals surface area contributed by atoms with Crippen LogP contribution in [0.3, 0.4) is 0 Å². The summed E-state index contributed by atoms with van der Waals surface area (Å²) < 4.78 is 27.3. The number of allylic oxidation sites excluding steroid dienone is 1. The Labute approximate surface area is 147 Å². The van der Waals surface area contributed by atoms with Crippen LogP contribution in [0.1, 0.15) is 45.4 Å². The molecule has 6 heteroatoms. The van der Waals surface area contributed by atoms with Gasteiger partial charge in [0.25, 0.3) is 0 Å². The maximum absolute atomic E-state index is 15.4. The molecule has 0 aromatic carbocycles. The number of thioether (sulfide) groups is 1. The fourth-order valence-corrected chi connectivity index (χ4v) is 4.96. The van der Waals surface area contributed by atoms with Gasteiger partial charge in [0.2, 0.25) is 0 Å². The van der Waals surface area contributed by atoms with Gasteiger partial charge in [-0.1, -0.05) is 6.07 Å². The van der Waals surface area contributed by atoms with Crippen molar-refractivity contribution in [2.45, 2.75) is 51.7 Å². The Morgan fingerprint density at radius 2 is 1.78 bits per heavy atom. The molecule has 0 atom stereocenters. The van der Waals surface area contributed by atoms with E-state index in [9.17, 15) is 0 Å². The summed E-state index contributed by atoms with van der Waals surface area (Å²) in [5, 5.41) is 2.00. The van der Waals surface area contributed by atoms with Gasteiger partial charge in [-0.2, -0.15) is 11.8 Å². The Kier molecular flexibility index (Phi) is 4.99. The Morgan fingerprint density at radius 3 is 2.30 bits per heavy atom. The van der Waals surface area contributed by atoms with Crippen LogP contribution in [0.2, 0.25) is 0 Å². The monoisotopic (exact) mass is 354 g/mol. The van der Waals surface area contributed by atoms with Crippen molar-refractivity contribution >= 4 is 35.8 Å². The highest BCUT2D eigenvalue weighted by atomic mass is 32.2. The molecule has 23 heavy (non-hydrogen) atoms. The molecule has 3 heterocycles. The smallest absolute Gasteiger partial charge is 0.398 e. The van der Waals surface area contributed by atoms with Crippen molar-refractivity contribution in [1.29, 1.82) is 0 Å². The molecule has 1 aromatic heterocycles. The highest BCUT2D eigenvalue weighted by molar-refractivity contribution is 7.99. The second-order valence-electron chi connectivity index (χ2n) is 7.21. The predicted octanol–water partition coefficient (Wildman–Crippen LogP) is 5.20. The number of halogens is 1. The van der Waals surface area contributed by atoms with Crippen molar-refractivity contribution in [3.8, 4) is 0 Å². The lowest BCUT2D eigenvalue weighted by Gasteiger charge is -2.32. The van der Waals surface area contributed by atoms with Gasteiger partial charge < -0.3 is 9.31 Å². The van der Waals surface area contributed by atoms with E-state index in [4.69, 9.17) is 9.31 Å². The van der Waals surface area contributed by atoms with Gasteiger partial charge in [-0.25, -0.2) is 4.39 Å². The molecule has 0 amide bonds. The van der Waals surface area contributed by atoms with Gasteiger partial charge in [0.05, 0.1) is 11.2 Å². The maximum atomic E-state index is 15.4. The van der Waals surface area contributed by atoms with Crippen LogP contribution in [0.25, 0.3) is 5.57 Å². The van der Waals surface area contributed by atoms with Crippen LogP contribution in [-0.2, 0) is 9.31 Å². The lowest BCUT2D eigenvalue weighted by molar-refractivity contribution is 0.00578. The highest BCUT2D eigenvalue weighted by Gasteiger charge is 2.54. The minimum Gasteiger partial charge on any atom is -0.398 e. The topological polar surface area (TPSA) is 18.5 Å². The lowest BCUT2D eigenvalue weighted by Crippen LogP contribution is -2.41. The molecule has 0 unspecified atom stereocenters. The Balaban J connectivity index is 1.96. The van der Waals surface area contributed by atoms with Gasteiger partial charge in [-0.3, -0.25) is 0 Å². The van der Waals surface area contributed by atoms with Crippen LogP contribution in [0.5, 0.6) is 0 Å². The zero-order valence-electron chi connectivity index (χ0n) is 14.2. The van der Waals surface area contributed by atoms with Crippen molar-refractivity contribution < 1.29 is 13.7 Å². The first-order chi connectivity index (χ1) is 10.8. The van der Waals surface area contributed by atoms with Crippen molar-refractivity contribution in [3.05, 3.63) is 28.1 Å². The van der Waals surface area contributed by atoms with E-state index in [1.807, 2.05) is 57.0 Å². The van der Waals surface area contributed by atoms with Gasteiger partial charge >= 0.3 is 7.12 Å². The zero-order chi connectivity index (χ0) is 16.7. The molecule has 0 spiro atoms. The number of hydrogen-bond donors (Lipinski definition) is 0. The SMILES string of the molecule is CC1(C)OB(C(F)=C(c2cccs2)C2CCSCC2)OC1(C)C. The fraction of sp³-hybridized carbons (Fsp3) is 0.647. The summed E-state index contributed by atoms with van der Waals surface area (Å²) in [7, 11) is -0.897. The van der Waals surface area contributed by atoms with Crippen molar-refractivity contribution in [1.82, 2.24) is 0 Å². The third kappa shape index (κ3) is 3.41. The largest absolute Gasteiger partial charge is 0.525 e. The fourth-order valence-electron chi connectivity index (χ4n) is 3.01. The summed E-state index contributed by atoms with van der Waals surface area (Å²) in [5.74, 6) is 2.45. The second-order valence-corrected chi connectivity index (χ2v) is 9.39. The molecular formula is C17H24BFO2S2. The van der Waals surface area contributed by atoms with E-state index in [0.29, 0.717) is 0 Å². The van der Waals surface area contributed by atoms with Crippen LogP contribution in [0, 0.1) is 5.92 Å². The molecule has 2 fully saturated rings. The Bertz CT molecular complexity index is 561. The van der Waals surface area contributed by atoms with Crippen molar-refractivity contribution in [3.63, 3.8) is 0 Å². The first kappa shape index (κ1) is 17.5. The molecule has 1 aromatic rings. The summed E-state index contributed by atoms with van der Waals surface area (Å²) >= 11 is 3.55. The molecule has 2 nitrogen and oxygen atoms in total.